The predicted octanol–water partition coefficient (Wildman–Crippen LogP) is 0.218. The van der Waals surface area contributed by atoms with Crippen molar-refractivity contribution in [2.24, 2.45) is 11.8 Å². The summed E-state index contributed by atoms with van der Waals surface area (Å²) in [5.74, 6) is 0.484. The predicted molar refractivity (Wildman–Crippen MR) is 65.2 cm³/mol. The summed E-state index contributed by atoms with van der Waals surface area (Å²) in [4.78, 5) is 27.7. The molecule has 1 aliphatic carbocycles. The van der Waals surface area contributed by atoms with E-state index in [1.165, 1.54) is 6.07 Å². The van der Waals surface area contributed by atoms with Gasteiger partial charge in [0.25, 0.3) is 5.91 Å². The molecule has 2 aliphatic rings. The Labute approximate surface area is 104 Å². The van der Waals surface area contributed by atoms with Gasteiger partial charge in [-0.15, -0.1) is 0 Å². The molecule has 1 aromatic heterocycles. The van der Waals surface area contributed by atoms with Crippen LogP contribution >= 0.6 is 0 Å². The molecule has 0 radical (unpaired) electrons. The number of aliphatic hydroxyl groups excluding tert-OH is 1. The van der Waals surface area contributed by atoms with Crippen molar-refractivity contribution in [3.63, 3.8) is 0 Å². The highest BCUT2D eigenvalue weighted by Crippen LogP contribution is 2.38. The zero-order chi connectivity index (χ0) is 12.7. The topological polar surface area (TPSA) is 73.4 Å². The average Bonchev–Trinajstić information content (AvgIpc) is 2.91. The number of fused-ring (bicyclic) bond motifs is 1. The van der Waals surface area contributed by atoms with Crippen LogP contribution in [0.2, 0.25) is 0 Å². The van der Waals surface area contributed by atoms with Crippen molar-refractivity contribution >= 4 is 5.91 Å². The maximum Gasteiger partial charge on any atom is 0.270 e. The number of amides is 1. The lowest BCUT2D eigenvalue weighted by Gasteiger charge is -2.18. The summed E-state index contributed by atoms with van der Waals surface area (Å²) < 4.78 is 0. The summed E-state index contributed by atoms with van der Waals surface area (Å²) >= 11 is 0. The molecule has 1 aliphatic heterocycles. The molecule has 0 aromatic carbocycles. The van der Waals surface area contributed by atoms with Crippen molar-refractivity contribution in [2.75, 3.05) is 13.1 Å². The highest BCUT2D eigenvalue weighted by molar-refractivity contribution is 5.92. The van der Waals surface area contributed by atoms with Gasteiger partial charge in [-0.25, -0.2) is 0 Å². The summed E-state index contributed by atoms with van der Waals surface area (Å²) in [6.07, 6.45) is 1.56. The lowest BCUT2D eigenvalue weighted by molar-refractivity contribution is 0.0746. The summed E-state index contributed by atoms with van der Waals surface area (Å²) in [5.41, 5.74) is 0.0669. The number of likely N-dealkylation sites (tertiary alicyclic amines) is 1. The number of pyridine rings is 1. The molecule has 0 spiro atoms. The first-order valence-corrected chi connectivity index (χ1v) is 6.32. The van der Waals surface area contributed by atoms with Crippen LogP contribution in [0.1, 0.15) is 23.3 Å². The summed E-state index contributed by atoms with van der Waals surface area (Å²) in [5, 5.41) is 9.82. The zero-order valence-corrected chi connectivity index (χ0v) is 10.0. The van der Waals surface area contributed by atoms with Crippen LogP contribution in [0.3, 0.4) is 0 Å². The van der Waals surface area contributed by atoms with Gasteiger partial charge in [-0.05, 0) is 24.8 Å². The van der Waals surface area contributed by atoms with Crippen molar-refractivity contribution in [3.8, 4) is 0 Å². The molecule has 18 heavy (non-hydrogen) atoms. The Morgan fingerprint density at radius 1 is 1.33 bits per heavy atom. The van der Waals surface area contributed by atoms with E-state index in [1.807, 2.05) is 0 Å². The number of carbonyl (C=O) groups is 1. The van der Waals surface area contributed by atoms with Gasteiger partial charge in [-0.2, -0.15) is 0 Å². The first-order valence-electron chi connectivity index (χ1n) is 6.32. The van der Waals surface area contributed by atoms with Gasteiger partial charge in [0.05, 0.1) is 6.10 Å². The van der Waals surface area contributed by atoms with E-state index >= 15 is 0 Å². The molecular weight excluding hydrogens is 232 g/mol. The standard InChI is InChI=1S/C13H16N2O3/c16-11-5-4-8-6-15(7-9(8)11)13(18)10-2-1-3-12(17)14-10/h1-3,8-9,11,16H,4-7H2,(H,14,17). The Hall–Kier alpha value is -1.62. The second-order valence-electron chi connectivity index (χ2n) is 5.21. The van der Waals surface area contributed by atoms with Gasteiger partial charge in [0.15, 0.2) is 0 Å². The van der Waals surface area contributed by atoms with Gasteiger partial charge in [0.1, 0.15) is 5.69 Å². The van der Waals surface area contributed by atoms with Crippen LogP contribution in [-0.2, 0) is 0 Å². The van der Waals surface area contributed by atoms with Crippen molar-refractivity contribution in [1.29, 1.82) is 0 Å². The highest BCUT2D eigenvalue weighted by Gasteiger charge is 2.43. The van der Waals surface area contributed by atoms with Gasteiger partial charge in [0.2, 0.25) is 5.56 Å². The molecule has 0 bridgehead atoms. The van der Waals surface area contributed by atoms with Crippen LogP contribution in [0.5, 0.6) is 0 Å². The van der Waals surface area contributed by atoms with E-state index in [9.17, 15) is 14.7 Å². The maximum atomic E-state index is 12.2. The largest absolute Gasteiger partial charge is 0.393 e. The fraction of sp³-hybridized carbons (Fsp3) is 0.538. The summed E-state index contributed by atoms with van der Waals surface area (Å²) in [6.45, 7) is 1.29. The minimum atomic E-state index is -0.275. The molecule has 1 saturated carbocycles. The SMILES string of the molecule is O=C(c1cccc(=O)[nH]1)N1CC2CCC(O)C2C1. The fourth-order valence-corrected chi connectivity index (χ4v) is 3.15. The van der Waals surface area contributed by atoms with E-state index in [0.29, 0.717) is 24.7 Å². The second-order valence-corrected chi connectivity index (χ2v) is 5.21. The molecular formula is C13H16N2O3. The molecule has 3 rings (SSSR count). The quantitative estimate of drug-likeness (QED) is 0.746. The Kier molecular flexibility index (Phi) is 2.70. The van der Waals surface area contributed by atoms with Gasteiger partial charge in [-0.1, -0.05) is 6.07 Å². The van der Waals surface area contributed by atoms with Gasteiger partial charge < -0.3 is 15.0 Å². The average molecular weight is 248 g/mol. The molecule has 1 amide bonds. The lowest BCUT2D eigenvalue weighted by Crippen LogP contribution is -2.32. The van der Waals surface area contributed by atoms with E-state index in [-0.39, 0.29) is 23.5 Å². The van der Waals surface area contributed by atoms with Crippen LogP contribution in [-0.4, -0.2) is 40.1 Å². The maximum absolute atomic E-state index is 12.2. The van der Waals surface area contributed by atoms with E-state index in [0.717, 1.165) is 12.8 Å². The summed E-state index contributed by atoms with van der Waals surface area (Å²) in [6, 6.07) is 4.59. The number of nitrogens with zero attached hydrogens (tertiary/aromatic N) is 1. The zero-order valence-electron chi connectivity index (χ0n) is 10.0. The van der Waals surface area contributed by atoms with Gasteiger partial charge in [-0.3, -0.25) is 9.59 Å². The minimum Gasteiger partial charge on any atom is -0.393 e. The molecule has 3 unspecified atom stereocenters. The molecule has 3 atom stereocenters. The monoisotopic (exact) mass is 248 g/mol. The third kappa shape index (κ3) is 1.84. The van der Waals surface area contributed by atoms with E-state index < -0.39 is 0 Å². The number of aromatic amines is 1. The third-order valence-corrected chi connectivity index (χ3v) is 4.11. The van der Waals surface area contributed by atoms with Crippen molar-refractivity contribution in [1.82, 2.24) is 9.88 Å². The van der Waals surface area contributed by atoms with Crippen molar-refractivity contribution < 1.29 is 9.90 Å². The minimum absolute atomic E-state index is 0.144. The van der Waals surface area contributed by atoms with Crippen LogP contribution in [0.4, 0.5) is 0 Å². The smallest absolute Gasteiger partial charge is 0.270 e. The Bertz CT molecular complexity index is 525. The molecule has 2 N–H and O–H groups in total. The lowest BCUT2D eigenvalue weighted by atomic mass is 10.00. The van der Waals surface area contributed by atoms with Crippen LogP contribution in [0.15, 0.2) is 23.0 Å². The van der Waals surface area contributed by atoms with E-state index in [4.69, 9.17) is 0 Å². The van der Waals surface area contributed by atoms with Crippen molar-refractivity contribution in [3.05, 3.63) is 34.2 Å². The molecule has 2 heterocycles. The molecule has 96 valence electrons. The number of aromatic nitrogens is 1. The molecule has 2 fully saturated rings. The van der Waals surface area contributed by atoms with Gasteiger partial charge in [0, 0.05) is 25.1 Å². The number of carbonyl (C=O) groups excluding carboxylic acids is 1. The van der Waals surface area contributed by atoms with Crippen LogP contribution in [0.25, 0.3) is 0 Å². The van der Waals surface area contributed by atoms with Crippen LogP contribution in [0, 0.1) is 11.8 Å². The summed E-state index contributed by atoms with van der Waals surface area (Å²) in [7, 11) is 0. The van der Waals surface area contributed by atoms with E-state index in [1.54, 1.807) is 17.0 Å². The van der Waals surface area contributed by atoms with E-state index in [2.05, 4.69) is 4.98 Å². The normalized spacial score (nSPS) is 30.5. The number of nitrogens with one attached hydrogen (secondary N) is 1. The Morgan fingerprint density at radius 3 is 2.89 bits per heavy atom. The second kappa shape index (κ2) is 4.24. The molecule has 1 saturated heterocycles. The number of rotatable bonds is 1. The van der Waals surface area contributed by atoms with Gasteiger partial charge >= 0.3 is 0 Å². The number of H-pyrrole nitrogens is 1. The molecule has 5 nitrogen and oxygen atoms in total. The number of hydrogen-bond acceptors (Lipinski definition) is 3. The Balaban J connectivity index is 1.77. The molecule has 1 aromatic rings. The molecule has 5 heteroatoms. The number of hydrogen-bond donors (Lipinski definition) is 2. The Morgan fingerprint density at radius 2 is 2.17 bits per heavy atom. The highest BCUT2D eigenvalue weighted by atomic mass is 16.3. The first-order chi connectivity index (χ1) is 8.65. The first kappa shape index (κ1) is 11.5. The number of aliphatic hydroxyl groups is 1. The van der Waals surface area contributed by atoms with Crippen molar-refractivity contribution in [2.45, 2.75) is 18.9 Å². The fourth-order valence-electron chi connectivity index (χ4n) is 3.15. The third-order valence-electron chi connectivity index (χ3n) is 4.11. The van der Waals surface area contributed by atoms with Crippen LogP contribution < -0.4 is 5.56 Å².